The van der Waals surface area contributed by atoms with E-state index in [1.807, 2.05) is 58.5 Å². The third-order valence-corrected chi connectivity index (χ3v) is 3.60. The summed E-state index contributed by atoms with van der Waals surface area (Å²) in [5.41, 5.74) is 0.749. The number of rotatable bonds is 6. The number of anilines is 2. The van der Waals surface area contributed by atoms with Crippen LogP contribution in [0.1, 0.15) is 5.56 Å². The van der Waals surface area contributed by atoms with Crippen molar-refractivity contribution in [1.82, 2.24) is 24.7 Å². The molecular weight excluding hydrogens is 346 g/mol. The van der Waals surface area contributed by atoms with Crippen LogP contribution < -0.4 is 20.1 Å². The van der Waals surface area contributed by atoms with Crippen molar-refractivity contribution in [3.05, 3.63) is 58.4 Å². The fourth-order valence-electron chi connectivity index (χ4n) is 2.23. The van der Waals surface area contributed by atoms with Crippen LogP contribution in [-0.4, -0.2) is 52.9 Å². The fourth-order valence-corrected chi connectivity index (χ4v) is 2.23. The van der Waals surface area contributed by atoms with Gasteiger partial charge in [-0.3, -0.25) is 4.79 Å². The summed E-state index contributed by atoms with van der Waals surface area (Å²) in [6.07, 6.45) is 0. The van der Waals surface area contributed by atoms with E-state index >= 15 is 0 Å². The monoisotopic (exact) mass is 367 g/mol. The number of benzene rings is 1. The van der Waals surface area contributed by atoms with Gasteiger partial charge in [-0.1, -0.05) is 30.3 Å². The average Bonchev–Trinajstić information content (AvgIpc) is 2.65. The van der Waals surface area contributed by atoms with Crippen LogP contribution in [-0.2, 0) is 6.54 Å². The minimum atomic E-state index is -0.218. The topological polar surface area (TPSA) is 89.3 Å². The molecule has 2 heterocycles. The molecule has 2 aromatic heterocycles. The maximum Gasteiger partial charge on any atom is 0.330 e. The average molecular weight is 367 g/mol. The number of aromatic nitrogens is 5. The summed E-state index contributed by atoms with van der Waals surface area (Å²) in [5, 5.41) is 4.27. The summed E-state index contributed by atoms with van der Waals surface area (Å²) in [6, 6.07) is 12.6. The van der Waals surface area contributed by atoms with Gasteiger partial charge in [0.05, 0.1) is 6.54 Å². The molecule has 0 atom stereocenters. The molecule has 0 saturated carbocycles. The lowest BCUT2D eigenvalue weighted by Crippen LogP contribution is -2.23. The Morgan fingerprint density at radius 3 is 2.11 bits per heavy atom. The van der Waals surface area contributed by atoms with Crippen LogP contribution in [0.3, 0.4) is 0 Å². The van der Waals surface area contributed by atoms with Crippen LogP contribution >= 0.6 is 0 Å². The van der Waals surface area contributed by atoms with Crippen LogP contribution in [0.15, 0.2) is 47.3 Å². The van der Waals surface area contributed by atoms with Crippen LogP contribution in [0, 0.1) is 0 Å². The second kappa shape index (κ2) is 7.81. The van der Waals surface area contributed by atoms with Gasteiger partial charge in [-0.15, -0.1) is 5.10 Å². The van der Waals surface area contributed by atoms with Crippen molar-refractivity contribution in [2.45, 2.75) is 6.54 Å². The van der Waals surface area contributed by atoms with E-state index in [1.54, 1.807) is 9.80 Å². The Balaban J connectivity index is 1.90. The summed E-state index contributed by atoms with van der Waals surface area (Å²) in [5.74, 6) is 1.15. The minimum absolute atomic E-state index is 0.106. The molecule has 0 aliphatic carbocycles. The first-order valence-corrected chi connectivity index (χ1v) is 8.33. The molecule has 0 bridgehead atoms. The van der Waals surface area contributed by atoms with Gasteiger partial charge in [-0.2, -0.15) is 15.0 Å². The summed E-state index contributed by atoms with van der Waals surface area (Å²) in [6.45, 7) is 0.347. The highest BCUT2D eigenvalue weighted by molar-refractivity contribution is 5.38. The van der Waals surface area contributed by atoms with E-state index in [2.05, 4.69) is 20.1 Å². The maximum absolute atomic E-state index is 12.1. The molecule has 0 N–H and O–H groups in total. The molecule has 140 valence electrons. The van der Waals surface area contributed by atoms with Gasteiger partial charge in [0.15, 0.2) is 0 Å². The van der Waals surface area contributed by atoms with Gasteiger partial charge < -0.3 is 14.5 Å². The Hall–Kier alpha value is -3.49. The van der Waals surface area contributed by atoms with Crippen molar-refractivity contribution < 1.29 is 4.74 Å². The van der Waals surface area contributed by atoms with E-state index < -0.39 is 0 Å². The van der Waals surface area contributed by atoms with Crippen LogP contribution in [0.5, 0.6) is 11.9 Å². The normalized spacial score (nSPS) is 10.5. The second-order valence-electron chi connectivity index (χ2n) is 6.26. The van der Waals surface area contributed by atoms with Crippen LogP contribution in [0.2, 0.25) is 0 Å². The van der Waals surface area contributed by atoms with E-state index in [0.717, 1.165) is 5.56 Å². The predicted molar refractivity (Wildman–Crippen MR) is 103 cm³/mol. The van der Waals surface area contributed by atoms with Gasteiger partial charge in [-0.25, -0.2) is 4.68 Å². The molecule has 0 radical (unpaired) electrons. The molecule has 0 saturated heterocycles. The summed E-state index contributed by atoms with van der Waals surface area (Å²) in [4.78, 5) is 28.5. The van der Waals surface area contributed by atoms with E-state index in [-0.39, 0.29) is 17.4 Å². The molecule has 0 spiro atoms. The Kier molecular flexibility index (Phi) is 5.30. The lowest BCUT2D eigenvalue weighted by atomic mass is 10.2. The maximum atomic E-state index is 12.1. The highest BCUT2D eigenvalue weighted by Gasteiger charge is 2.12. The fraction of sp³-hybridized carbons (Fsp3) is 0.278. The molecule has 9 nitrogen and oxygen atoms in total. The third kappa shape index (κ3) is 4.57. The van der Waals surface area contributed by atoms with Crippen molar-refractivity contribution in [1.29, 1.82) is 0 Å². The molecule has 1 aromatic carbocycles. The summed E-state index contributed by atoms with van der Waals surface area (Å²) in [7, 11) is 7.32. The summed E-state index contributed by atoms with van der Waals surface area (Å²) >= 11 is 0. The van der Waals surface area contributed by atoms with Gasteiger partial charge in [0.2, 0.25) is 17.8 Å². The van der Waals surface area contributed by atoms with Crippen LogP contribution in [0.4, 0.5) is 11.9 Å². The molecule has 0 fully saturated rings. The molecule has 3 rings (SSSR count). The Morgan fingerprint density at radius 1 is 0.889 bits per heavy atom. The Labute approximate surface area is 156 Å². The number of ether oxygens (including phenoxy) is 1. The molecular formula is C18H21N7O2. The zero-order chi connectivity index (χ0) is 19.4. The lowest BCUT2D eigenvalue weighted by Gasteiger charge is -2.16. The number of hydrogen-bond acceptors (Lipinski definition) is 8. The highest BCUT2D eigenvalue weighted by atomic mass is 16.5. The van der Waals surface area contributed by atoms with Crippen molar-refractivity contribution in [3.8, 4) is 11.9 Å². The molecule has 0 aliphatic heterocycles. The van der Waals surface area contributed by atoms with Crippen molar-refractivity contribution >= 4 is 11.9 Å². The third-order valence-electron chi connectivity index (χ3n) is 3.60. The molecule has 3 aromatic rings. The van der Waals surface area contributed by atoms with Crippen molar-refractivity contribution in [3.63, 3.8) is 0 Å². The van der Waals surface area contributed by atoms with Crippen molar-refractivity contribution in [2.24, 2.45) is 0 Å². The highest BCUT2D eigenvalue weighted by Crippen LogP contribution is 2.19. The molecule has 0 aliphatic rings. The smallest absolute Gasteiger partial charge is 0.330 e. The first kappa shape index (κ1) is 18.3. The predicted octanol–water partition coefficient (Wildman–Crippen LogP) is 1.40. The van der Waals surface area contributed by atoms with Crippen LogP contribution in [0.25, 0.3) is 0 Å². The zero-order valence-corrected chi connectivity index (χ0v) is 15.7. The van der Waals surface area contributed by atoms with Gasteiger partial charge in [0, 0.05) is 40.3 Å². The van der Waals surface area contributed by atoms with Gasteiger partial charge in [0.25, 0.3) is 5.56 Å². The molecule has 0 unspecified atom stereocenters. The molecule has 0 amide bonds. The first-order chi connectivity index (χ1) is 12.9. The first-order valence-electron chi connectivity index (χ1n) is 8.33. The lowest BCUT2D eigenvalue weighted by molar-refractivity contribution is 0.402. The zero-order valence-electron chi connectivity index (χ0n) is 15.7. The standard InChI is InChI=1S/C18H21N7O2/c1-23(2)16-19-17(24(3)4)21-18(20-16)27-14-10-11-15(26)25(22-14)12-13-8-6-5-7-9-13/h5-11H,12H2,1-4H3. The van der Waals surface area contributed by atoms with E-state index in [9.17, 15) is 4.79 Å². The number of nitrogens with zero attached hydrogens (tertiary/aromatic N) is 7. The van der Waals surface area contributed by atoms with Gasteiger partial charge in [-0.05, 0) is 5.56 Å². The minimum Gasteiger partial charge on any atom is -0.403 e. The number of hydrogen-bond donors (Lipinski definition) is 0. The van der Waals surface area contributed by atoms with E-state index in [4.69, 9.17) is 4.74 Å². The van der Waals surface area contributed by atoms with E-state index in [1.165, 1.54) is 16.8 Å². The van der Waals surface area contributed by atoms with Crippen molar-refractivity contribution in [2.75, 3.05) is 38.0 Å². The summed E-state index contributed by atoms with van der Waals surface area (Å²) < 4.78 is 7.05. The van der Waals surface area contributed by atoms with Gasteiger partial charge >= 0.3 is 6.01 Å². The Bertz CT molecular complexity index is 945. The quantitative estimate of drug-likeness (QED) is 0.646. The largest absolute Gasteiger partial charge is 0.403 e. The molecule has 9 heteroatoms. The van der Waals surface area contributed by atoms with E-state index in [0.29, 0.717) is 18.4 Å². The Morgan fingerprint density at radius 2 is 1.52 bits per heavy atom. The second-order valence-corrected chi connectivity index (χ2v) is 6.26. The van der Waals surface area contributed by atoms with Gasteiger partial charge in [0.1, 0.15) is 0 Å². The molecule has 27 heavy (non-hydrogen) atoms. The SMILES string of the molecule is CN(C)c1nc(Oc2ccc(=O)n(Cc3ccccc3)n2)nc(N(C)C)n1.